The highest BCUT2D eigenvalue weighted by molar-refractivity contribution is 6.04. The summed E-state index contributed by atoms with van der Waals surface area (Å²) in [6, 6.07) is 13.0. The van der Waals surface area contributed by atoms with Crippen molar-refractivity contribution in [2.75, 3.05) is 25.6 Å². The van der Waals surface area contributed by atoms with Crippen LogP contribution in [0.5, 0.6) is 11.5 Å². The van der Waals surface area contributed by atoms with Crippen LogP contribution in [0.4, 0.5) is 5.69 Å². The number of carbonyl (C=O) groups excluding carboxylic acids is 1. The van der Waals surface area contributed by atoms with E-state index >= 15 is 0 Å². The summed E-state index contributed by atoms with van der Waals surface area (Å²) in [4.78, 5) is 12.6. The fourth-order valence-corrected chi connectivity index (χ4v) is 2.42. The van der Waals surface area contributed by atoms with Gasteiger partial charge in [0.05, 0.1) is 13.7 Å². The molecule has 0 radical (unpaired) electrons. The highest BCUT2D eigenvalue weighted by atomic mass is 16.5. The Kier molecular flexibility index (Phi) is 7.48. The maximum absolute atomic E-state index is 12.6. The number of benzene rings is 2. The fraction of sp³-hybridized carbons (Fsp3) is 0.381. The molecule has 0 atom stereocenters. The summed E-state index contributed by atoms with van der Waals surface area (Å²) in [6.45, 7) is 8.50. The van der Waals surface area contributed by atoms with E-state index < -0.39 is 0 Å². The molecular formula is C21H28N2O3. The highest BCUT2D eigenvalue weighted by Crippen LogP contribution is 2.29. The first kappa shape index (κ1) is 19.8. The Labute approximate surface area is 155 Å². The van der Waals surface area contributed by atoms with Crippen LogP contribution in [0.25, 0.3) is 0 Å². The maximum Gasteiger partial charge on any atom is 0.255 e. The molecule has 0 bridgehead atoms. The molecular weight excluding hydrogens is 328 g/mol. The molecule has 1 amide bonds. The van der Waals surface area contributed by atoms with Crippen LogP contribution in [-0.2, 0) is 6.54 Å². The molecule has 0 aromatic heterocycles. The van der Waals surface area contributed by atoms with Crippen LogP contribution < -0.4 is 20.1 Å². The van der Waals surface area contributed by atoms with E-state index in [1.165, 1.54) is 0 Å². The summed E-state index contributed by atoms with van der Waals surface area (Å²) >= 11 is 0. The van der Waals surface area contributed by atoms with Crippen LogP contribution in [0.1, 0.15) is 36.7 Å². The number of amides is 1. The van der Waals surface area contributed by atoms with E-state index in [0.29, 0.717) is 29.6 Å². The van der Waals surface area contributed by atoms with Gasteiger partial charge in [0.1, 0.15) is 0 Å². The summed E-state index contributed by atoms with van der Waals surface area (Å²) in [5.74, 6) is 1.43. The van der Waals surface area contributed by atoms with Crippen molar-refractivity contribution < 1.29 is 14.3 Å². The van der Waals surface area contributed by atoms with Crippen molar-refractivity contribution in [3.8, 4) is 11.5 Å². The number of hydrogen-bond acceptors (Lipinski definition) is 4. The van der Waals surface area contributed by atoms with Gasteiger partial charge in [0.25, 0.3) is 5.91 Å². The molecule has 0 fully saturated rings. The Balaban J connectivity index is 2.09. The lowest BCUT2D eigenvalue weighted by Gasteiger charge is -2.14. The quantitative estimate of drug-likeness (QED) is 0.710. The molecule has 0 saturated heterocycles. The minimum Gasteiger partial charge on any atom is -0.493 e. The molecule has 0 aliphatic rings. The van der Waals surface area contributed by atoms with Crippen molar-refractivity contribution in [2.45, 2.75) is 27.3 Å². The molecule has 26 heavy (non-hydrogen) atoms. The third-order valence-electron chi connectivity index (χ3n) is 3.76. The number of nitrogens with one attached hydrogen (secondary N) is 2. The summed E-state index contributed by atoms with van der Waals surface area (Å²) < 4.78 is 11.1. The second-order valence-electron chi connectivity index (χ2n) is 6.51. The highest BCUT2D eigenvalue weighted by Gasteiger charge is 2.12. The molecule has 0 unspecified atom stereocenters. The largest absolute Gasteiger partial charge is 0.493 e. The summed E-state index contributed by atoms with van der Waals surface area (Å²) in [7, 11) is 1.57. The monoisotopic (exact) mass is 356 g/mol. The summed E-state index contributed by atoms with van der Waals surface area (Å²) in [5.41, 5.74) is 2.42. The topological polar surface area (TPSA) is 59.6 Å². The fourth-order valence-electron chi connectivity index (χ4n) is 2.42. The van der Waals surface area contributed by atoms with Crippen molar-refractivity contribution in [3.05, 3.63) is 53.6 Å². The Morgan fingerprint density at radius 1 is 1.12 bits per heavy atom. The van der Waals surface area contributed by atoms with Gasteiger partial charge < -0.3 is 20.1 Å². The number of anilines is 1. The van der Waals surface area contributed by atoms with E-state index in [1.807, 2.05) is 24.3 Å². The lowest BCUT2D eigenvalue weighted by atomic mass is 10.1. The Morgan fingerprint density at radius 2 is 1.92 bits per heavy atom. The van der Waals surface area contributed by atoms with E-state index in [-0.39, 0.29) is 5.91 Å². The average molecular weight is 356 g/mol. The van der Waals surface area contributed by atoms with Crippen LogP contribution in [0.3, 0.4) is 0 Å². The predicted octanol–water partition coefficient (Wildman–Crippen LogP) is 4.09. The van der Waals surface area contributed by atoms with E-state index in [0.717, 1.165) is 24.3 Å². The van der Waals surface area contributed by atoms with E-state index in [2.05, 4.69) is 31.4 Å². The van der Waals surface area contributed by atoms with Gasteiger partial charge in [0.2, 0.25) is 0 Å². The predicted molar refractivity (Wildman–Crippen MR) is 105 cm³/mol. The van der Waals surface area contributed by atoms with Gasteiger partial charge in [-0.25, -0.2) is 0 Å². The van der Waals surface area contributed by atoms with Crippen molar-refractivity contribution in [1.82, 2.24) is 5.32 Å². The van der Waals surface area contributed by atoms with E-state index in [9.17, 15) is 4.79 Å². The molecule has 2 rings (SSSR count). The minimum atomic E-state index is -0.181. The molecule has 2 aromatic rings. The second kappa shape index (κ2) is 9.82. The number of methoxy groups -OCH3 is 1. The minimum absolute atomic E-state index is 0.181. The summed E-state index contributed by atoms with van der Waals surface area (Å²) in [5, 5.41) is 6.21. The van der Waals surface area contributed by atoms with Crippen LogP contribution in [0, 0.1) is 5.92 Å². The van der Waals surface area contributed by atoms with Crippen LogP contribution >= 0.6 is 0 Å². The van der Waals surface area contributed by atoms with Crippen LogP contribution in [-0.4, -0.2) is 26.2 Å². The number of rotatable bonds is 9. The normalized spacial score (nSPS) is 10.7. The van der Waals surface area contributed by atoms with Gasteiger partial charge in [-0.2, -0.15) is 0 Å². The first-order chi connectivity index (χ1) is 12.5. The zero-order valence-corrected chi connectivity index (χ0v) is 16.0. The lowest BCUT2D eigenvalue weighted by molar-refractivity contribution is 0.102. The molecule has 5 heteroatoms. The van der Waals surface area contributed by atoms with Gasteiger partial charge in [-0.3, -0.25) is 4.79 Å². The number of ether oxygens (including phenoxy) is 2. The Morgan fingerprint density at radius 3 is 2.62 bits per heavy atom. The zero-order chi connectivity index (χ0) is 18.9. The maximum atomic E-state index is 12.6. The van der Waals surface area contributed by atoms with Gasteiger partial charge >= 0.3 is 0 Å². The molecule has 0 saturated carbocycles. The van der Waals surface area contributed by atoms with E-state index in [1.54, 1.807) is 25.3 Å². The molecule has 0 spiro atoms. The Hall–Kier alpha value is -2.53. The van der Waals surface area contributed by atoms with E-state index in [4.69, 9.17) is 9.47 Å². The first-order valence-electron chi connectivity index (χ1n) is 8.95. The van der Waals surface area contributed by atoms with Crippen LogP contribution in [0.15, 0.2) is 42.5 Å². The second-order valence-corrected chi connectivity index (χ2v) is 6.51. The smallest absolute Gasteiger partial charge is 0.255 e. The van der Waals surface area contributed by atoms with Crippen molar-refractivity contribution in [1.29, 1.82) is 0 Å². The average Bonchev–Trinajstić information content (AvgIpc) is 2.64. The number of carbonyl (C=O) groups is 1. The third-order valence-corrected chi connectivity index (χ3v) is 3.76. The van der Waals surface area contributed by atoms with Crippen LogP contribution in [0.2, 0.25) is 0 Å². The SMILES string of the molecule is CCNCc1cccc(NC(=O)c2ccc(OCC(C)C)c(OC)c2)c1. The van der Waals surface area contributed by atoms with Gasteiger partial charge in [0, 0.05) is 17.8 Å². The van der Waals surface area contributed by atoms with Gasteiger partial charge in [-0.15, -0.1) is 0 Å². The van der Waals surface area contributed by atoms with Gasteiger partial charge in [0.15, 0.2) is 11.5 Å². The van der Waals surface area contributed by atoms with Gasteiger partial charge in [-0.05, 0) is 48.4 Å². The zero-order valence-electron chi connectivity index (χ0n) is 16.0. The molecule has 0 aliphatic carbocycles. The summed E-state index contributed by atoms with van der Waals surface area (Å²) in [6.07, 6.45) is 0. The molecule has 2 aromatic carbocycles. The van der Waals surface area contributed by atoms with Gasteiger partial charge in [-0.1, -0.05) is 32.9 Å². The van der Waals surface area contributed by atoms with Crippen molar-refractivity contribution >= 4 is 11.6 Å². The molecule has 140 valence electrons. The first-order valence-corrected chi connectivity index (χ1v) is 8.95. The molecule has 0 heterocycles. The van der Waals surface area contributed by atoms with Crippen molar-refractivity contribution in [3.63, 3.8) is 0 Å². The third kappa shape index (κ3) is 5.77. The lowest BCUT2D eigenvalue weighted by Crippen LogP contribution is -2.14. The Bertz CT molecular complexity index is 729. The molecule has 0 aliphatic heterocycles. The molecule has 2 N–H and O–H groups in total. The standard InChI is InChI=1S/C21H28N2O3/c1-5-22-13-16-7-6-8-18(11-16)23-21(24)17-9-10-19(20(12-17)25-4)26-14-15(2)3/h6-12,15,22H,5,13-14H2,1-4H3,(H,23,24). The number of hydrogen-bond donors (Lipinski definition) is 2. The molecule has 5 nitrogen and oxygen atoms in total. The van der Waals surface area contributed by atoms with Crippen molar-refractivity contribution in [2.24, 2.45) is 5.92 Å².